The number of amides is 1. The zero-order chi connectivity index (χ0) is 15.2. The molecule has 0 aromatic heterocycles. The molecule has 5 heteroatoms. The summed E-state index contributed by atoms with van der Waals surface area (Å²) >= 11 is 13.8. The zero-order valence-corrected chi connectivity index (χ0v) is 13.9. The van der Waals surface area contributed by atoms with Crippen LogP contribution in [0.25, 0.3) is 0 Å². The predicted octanol–water partition coefficient (Wildman–Crippen LogP) is 5.29. The highest BCUT2D eigenvalue weighted by atomic mass is 35.5. The van der Waals surface area contributed by atoms with Crippen LogP contribution in [-0.2, 0) is 11.2 Å². The largest absolute Gasteiger partial charge is 0.326 e. The van der Waals surface area contributed by atoms with Gasteiger partial charge in [-0.2, -0.15) is 0 Å². The Balaban J connectivity index is 1.96. The Kier molecular flexibility index (Phi) is 5.97. The summed E-state index contributed by atoms with van der Waals surface area (Å²) in [6.45, 7) is 0. The van der Waals surface area contributed by atoms with E-state index in [2.05, 4.69) is 5.32 Å². The molecule has 0 heterocycles. The minimum atomic E-state index is -0.0516. The SMILES string of the molecule is CSc1cccc(NC(=O)CCc2c(Cl)cccc2Cl)c1. The van der Waals surface area contributed by atoms with E-state index in [-0.39, 0.29) is 5.91 Å². The third kappa shape index (κ3) is 4.67. The number of carbonyl (C=O) groups excluding carboxylic acids is 1. The van der Waals surface area contributed by atoms with Gasteiger partial charge in [-0.1, -0.05) is 35.3 Å². The first-order valence-electron chi connectivity index (χ1n) is 6.47. The van der Waals surface area contributed by atoms with E-state index >= 15 is 0 Å². The predicted molar refractivity (Wildman–Crippen MR) is 91.6 cm³/mol. The zero-order valence-electron chi connectivity index (χ0n) is 11.5. The first kappa shape index (κ1) is 16.2. The topological polar surface area (TPSA) is 29.1 Å². The molecule has 0 radical (unpaired) electrons. The summed E-state index contributed by atoms with van der Waals surface area (Å²) in [6.07, 6.45) is 2.86. The van der Waals surface area contributed by atoms with Gasteiger partial charge >= 0.3 is 0 Å². The number of hydrogen-bond donors (Lipinski definition) is 1. The second-order valence-electron chi connectivity index (χ2n) is 4.48. The molecular weight excluding hydrogens is 325 g/mol. The average Bonchev–Trinajstić information content (AvgIpc) is 2.47. The molecule has 0 saturated heterocycles. The number of rotatable bonds is 5. The van der Waals surface area contributed by atoms with Gasteiger partial charge in [-0.25, -0.2) is 0 Å². The molecule has 0 bridgehead atoms. The van der Waals surface area contributed by atoms with Crippen LogP contribution in [0.1, 0.15) is 12.0 Å². The third-order valence-electron chi connectivity index (χ3n) is 3.02. The number of anilines is 1. The Morgan fingerprint density at radius 1 is 1.14 bits per heavy atom. The number of halogens is 2. The number of nitrogens with one attached hydrogen (secondary N) is 1. The molecule has 2 rings (SSSR count). The van der Waals surface area contributed by atoms with Gasteiger partial charge in [0.15, 0.2) is 0 Å². The van der Waals surface area contributed by atoms with Gasteiger partial charge in [-0.3, -0.25) is 4.79 Å². The lowest BCUT2D eigenvalue weighted by molar-refractivity contribution is -0.116. The van der Waals surface area contributed by atoms with Crippen molar-refractivity contribution in [2.24, 2.45) is 0 Å². The maximum absolute atomic E-state index is 12.0. The molecule has 1 amide bonds. The second-order valence-corrected chi connectivity index (χ2v) is 6.17. The van der Waals surface area contributed by atoms with E-state index in [4.69, 9.17) is 23.2 Å². The normalized spacial score (nSPS) is 10.4. The van der Waals surface area contributed by atoms with Crippen molar-refractivity contribution < 1.29 is 4.79 Å². The highest BCUT2D eigenvalue weighted by molar-refractivity contribution is 7.98. The molecule has 0 unspecified atom stereocenters. The van der Waals surface area contributed by atoms with Crippen LogP contribution >= 0.6 is 35.0 Å². The smallest absolute Gasteiger partial charge is 0.224 e. The van der Waals surface area contributed by atoms with Crippen LogP contribution < -0.4 is 5.32 Å². The Morgan fingerprint density at radius 3 is 2.48 bits per heavy atom. The maximum Gasteiger partial charge on any atom is 0.224 e. The van der Waals surface area contributed by atoms with Crippen LogP contribution in [0, 0.1) is 0 Å². The number of carbonyl (C=O) groups is 1. The lowest BCUT2D eigenvalue weighted by Crippen LogP contribution is -2.12. The molecule has 2 aromatic carbocycles. The van der Waals surface area contributed by atoms with Gasteiger partial charge in [0.2, 0.25) is 5.91 Å². The van der Waals surface area contributed by atoms with E-state index < -0.39 is 0 Å². The fourth-order valence-electron chi connectivity index (χ4n) is 1.93. The Hall–Kier alpha value is -1.16. The first-order valence-corrected chi connectivity index (χ1v) is 8.45. The highest BCUT2D eigenvalue weighted by Gasteiger charge is 2.09. The van der Waals surface area contributed by atoms with Crippen molar-refractivity contribution in [3.63, 3.8) is 0 Å². The molecule has 21 heavy (non-hydrogen) atoms. The van der Waals surface area contributed by atoms with E-state index in [1.165, 1.54) is 0 Å². The number of benzene rings is 2. The van der Waals surface area contributed by atoms with Crippen LogP contribution in [0.3, 0.4) is 0 Å². The fourth-order valence-corrected chi connectivity index (χ4v) is 2.98. The van der Waals surface area contributed by atoms with Gasteiger partial charge in [-0.05, 0) is 48.6 Å². The highest BCUT2D eigenvalue weighted by Crippen LogP contribution is 2.25. The molecule has 0 aliphatic rings. The minimum Gasteiger partial charge on any atom is -0.326 e. The van der Waals surface area contributed by atoms with Crippen molar-refractivity contribution >= 4 is 46.6 Å². The molecule has 0 aliphatic carbocycles. The number of thioether (sulfide) groups is 1. The molecule has 0 spiro atoms. The van der Waals surface area contributed by atoms with E-state index in [1.54, 1.807) is 30.0 Å². The van der Waals surface area contributed by atoms with E-state index in [9.17, 15) is 4.79 Å². The molecule has 0 saturated carbocycles. The summed E-state index contributed by atoms with van der Waals surface area (Å²) in [4.78, 5) is 13.1. The lowest BCUT2D eigenvalue weighted by Gasteiger charge is -2.08. The van der Waals surface area contributed by atoms with Gasteiger partial charge in [0.1, 0.15) is 0 Å². The van der Waals surface area contributed by atoms with E-state index in [1.807, 2.05) is 30.5 Å². The summed E-state index contributed by atoms with van der Waals surface area (Å²) in [5.41, 5.74) is 1.62. The first-order chi connectivity index (χ1) is 10.1. The van der Waals surface area contributed by atoms with E-state index in [0.717, 1.165) is 16.1 Å². The molecule has 0 atom stereocenters. The molecule has 0 aliphatic heterocycles. The van der Waals surface area contributed by atoms with Gasteiger partial charge in [0.25, 0.3) is 0 Å². The summed E-state index contributed by atoms with van der Waals surface area (Å²) in [5, 5.41) is 4.08. The van der Waals surface area contributed by atoms with Crippen LogP contribution in [-0.4, -0.2) is 12.2 Å². The van der Waals surface area contributed by atoms with Crippen molar-refractivity contribution in [3.05, 3.63) is 58.1 Å². The van der Waals surface area contributed by atoms with Gasteiger partial charge in [-0.15, -0.1) is 11.8 Å². The van der Waals surface area contributed by atoms with Crippen LogP contribution in [0.5, 0.6) is 0 Å². The van der Waals surface area contributed by atoms with Crippen LogP contribution in [0.2, 0.25) is 10.0 Å². The summed E-state index contributed by atoms with van der Waals surface area (Å²) in [5.74, 6) is -0.0516. The standard InChI is InChI=1S/C16H15Cl2NOS/c1-21-12-5-2-4-11(10-12)19-16(20)9-8-13-14(17)6-3-7-15(13)18/h2-7,10H,8-9H2,1H3,(H,19,20). The molecule has 1 N–H and O–H groups in total. The molecule has 110 valence electrons. The van der Waals surface area contributed by atoms with Crippen molar-refractivity contribution in [3.8, 4) is 0 Å². The van der Waals surface area contributed by atoms with Crippen molar-refractivity contribution in [2.45, 2.75) is 17.7 Å². The van der Waals surface area contributed by atoms with E-state index in [0.29, 0.717) is 22.9 Å². The molecular formula is C16H15Cl2NOS. The van der Waals surface area contributed by atoms with Crippen LogP contribution in [0.4, 0.5) is 5.69 Å². The van der Waals surface area contributed by atoms with Crippen molar-refractivity contribution in [2.75, 3.05) is 11.6 Å². The van der Waals surface area contributed by atoms with Gasteiger partial charge in [0, 0.05) is 27.0 Å². The average molecular weight is 340 g/mol. The van der Waals surface area contributed by atoms with Crippen LogP contribution in [0.15, 0.2) is 47.4 Å². The Bertz CT molecular complexity index is 626. The molecule has 2 nitrogen and oxygen atoms in total. The van der Waals surface area contributed by atoms with Crippen molar-refractivity contribution in [1.82, 2.24) is 0 Å². The summed E-state index contributed by atoms with van der Waals surface area (Å²) < 4.78 is 0. The Morgan fingerprint density at radius 2 is 1.81 bits per heavy atom. The quantitative estimate of drug-likeness (QED) is 0.750. The second kappa shape index (κ2) is 7.74. The van der Waals surface area contributed by atoms with Crippen molar-refractivity contribution in [1.29, 1.82) is 0 Å². The Labute approximate surface area is 138 Å². The molecule has 2 aromatic rings. The summed E-state index contributed by atoms with van der Waals surface area (Å²) in [7, 11) is 0. The maximum atomic E-state index is 12.0. The summed E-state index contributed by atoms with van der Waals surface area (Å²) in [6, 6.07) is 13.1. The number of hydrogen-bond acceptors (Lipinski definition) is 2. The minimum absolute atomic E-state index is 0.0516. The third-order valence-corrected chi connectivity index (χ3v) is 4.45. The molecule has 0 fully saturated rings. The lowest BCUT2D eigenvalue weighted by atomic mass is 10.1. The van der Waals surface area contributed by atoms with Gasteiger partial charge in [0.05, 0.1) is 0 Å². The fraction of sp³-hybridized carbons (Fsp3) is 0.188. The van der Waals surface area contributed by atoms with Gasteiger partial charge < -0.3 is 5.32 Å². The monoisotopic (exact) mass is 339 g/mol.